The molecular formula is C15H34O6S. The lowest BCUT2D eigenvalue weighted by atomic mass is 10.1. The lowest BCUT2D eigenvalue weighted by Gasteiger charge is -2.02. The third kappa shape index (κ3) is 28.0. The summed E-state index contributed by atoms with van der Waals surface area (Å²) in [5.41, 5.74) is 0. The van der Waals surface area contributed by atoms with Crippen LogP contribution in [-0.4, -0.2) is 42.5 Å². The molecule has 0 heterocycles. The van der Waals surface area contributed by atoms with Crippen molar-refractivity contribution in [3.63, 3.8) is 0 Å². The highest BCUT2D eigenvalue weighted by Gasteiger charge is 2.02. The topological polar surface area (TPSA) is 104 Å². The van der Waals surface area contributed by atoms with Gasteiger partial charge in [0.25, 0.3) is 0 Å². The van der Waals surface area contributed by atoms with Crippen molar-refractivity contribution in [2.24, 2.45) is 0 Å². The largest absolute Gasteiger partial charge is 0.397 e. The minimum Gasteiger partial charge on any atom is -0.394 e. The molecule has 0 rings (SSSR count). The molecule has 0 aromatic carbocycles. The van der Waals surface area contributed by atoms with Crippen molar-refractivity contribution in [3.05, 3.63) is 0 Å². The lowest BCUT2D eigenvalue weighted by molar-refractivity contribution is 0.110. The molecule has 136 valence electrons. The number of aliphatic hydroxyl groups excluding tert-OH is 2. The zero-order valence-electron chi connectivity index (χ0n) is 14.0. The van der Waals surface area contributed by atoms with E-state index in [1.165, 1.54) is 51.9 Å². The zero-order valence-corrected chi connectivity index (χ0v) is 14.9. The van der Waals surface area contributed by atoms with Gasteiger partial charge in [-0.25, -0.2) is 4.18 Å². The molecule has 0 fully saturated rings. The second-order valence-corrected chi connectivity index (χ2v) is 6.55. The fraction of sp³-hybridized carbons (Fsp3) is 1.00. The smallest absolute Gasteiger partial charge is 0.394 e. The van der Waals surface area contributed by atoms with Crippen LogP contribution in [0.2, 0.25) is 0 Å². The summed E-state index contributed by atoms with van der Waals surface area (Å²) in [6, 6.07) is 0. The third-order valence-corrected chi connectivity index (χ3v) is 3.46. The summed E-state index contributed by atoms with van der Waals surface area (Å²) in [7, 11) is -4.23. The summed E-state index contributed by atoms with van der Waals surface area (Å²) in [5.74, 6) is 0. The molecule has 22 heavy (non-hydrogen) atoms. The Morgan fingerprint density at radius 1 is 0.909 bits per heavy atom. The van der Waals surface area contributed by atoms with Gasteiger partial charge in [0.05, 0.1) is 19.3 Å². The van der Waals surface area contributed by atoms with Crippen LogP contribution in [0.4, 0.5) is 0 Å². The molecule has 0 aliphatic carbocycles. The first-order valence-corrected chi connectivity index (χ1v) is 9.60. The normalized spacial score (nSPS) is 12.6. The van der Waals surface area contributed by atoms with E-state index in [0.29, 0.717) is 6.42 Å². The monoisotopic (exact) mass is 342 g/mol. The van der Waals surface area contributed by atoms with Gasteiger partial charge in [-0.15, -0.1) is 0 Å². The molecule has 0 aliphatic rings. The molecule has 3 N–H and O–H groups in total. The maximum absolute atomic E-state index is 10.2. The zero-order chi connectivity index (χ0) is 17.3. The molecule has 6 nitrogen and oxygen atoms in total. The highest BCUT2D eigenvalue weighted by Crippen LogP contribution is 2.10. The van der Waals surface area contributed by atoms with Crippen LogP contribution >= 0.6 is 0 Å². The van der Waals surface area contributed by atoms with Gasteiger partial charge in [-0.2, -0.15) is 8.42 Å². The Hall–Kier alpha value is -0.210. The van der Waals surface area contributed by atoms with Crippen LogP contribution in [-0.2, 0) is 14.6 Å². The Bertz CT molecular complexity index is 303. The highest BCUT2D eigenvalue weighted by molar-refractivity contribution is 7.80. The molecular weight excluding hydrogens is 308 g/mol. The molecule has 0 amide bonds. The number of rotatable bonds is 13. The van der Waals surface area contributed by atoms with Crippen LogP contribution in [0.1, 0.15) is 78.1 Å². The first-order chi connectivity index (χ1) is 10.3. The Balaban J connectivity index is 0. The first kappa shape index (κ1) is 24.0. The van der Waals surface area contributed by atoms with Gasteiger partial charge in [-0.05, 0) is 13.3 Å². The second-order valence-electron chi connectivity index (χ2n) is 5.46. The molecule has 7 heteroatoms. The van der Waals surface area contributed by atoms with Crippen LogP contribution in [0, 0.1) is 0 Å². The second kappa shape index (κ2) is 17.1. The van der Waals surface area contributed by atoms with Crippen molar-refractivity contribution in [1.29, 1.82) is 0 Å². The van der Waals surface area contributed by atoms with Crippen molar-refractivity contribution in [2.75, 3.05) is 13.2 Å². The molecule has 0 aromatic heterocycles. The van der Waals surface area contributed by atoms with Gasteiger partial charge in [0.1, 0.15) is 0 Å². The van der Waals surface area contributed by atoms with E-state index < -0.39 is 16.5 Å². The number of hydrogen-bond acceptors (Lipinski definition) is 5. The van der Waals surface area contributed by atoms with E-state index in [4.69, 9.17) is 14.8 Å². The average molecular weight is 342 g/mol. The fourth-order valence-corrected chi connectivity index (χ4v) is 2.08. The molecule has 0 saturated carbocycles. The van der Waals surface area contributed by atoms with Crippen molar-refractivity contribution in [3.8, 4) is 0 Å². The molecule has 0 bridgehead atoms. The Kier molecular flexibility index (Phi) is 18.7. The van der Waals surface area contributed by atoms with E-state index in [1.807, 2.05) is 0 Å². The Morgan fingerprint density at radius 3 is 1.59 bits per heavy atom. The number of unbranched alkanes of at least 4 members (excludes halogenated alkanes) is 9. The van der Waals surface area contributed by atoms with Crippen LogP contribution < -0.4 is 0 Å². The summed E-state index contributed by atoms with van der Waals surface area (Å²) in [6.45, 7) is 3.70. The lowest BCUT2D eigenvalue weighted by Crippen LogP contribution is -2.04. The van der Waals surface area contributed by atoms with Gasteiger partial charge in [-0.3, -0.25) is 4.55 Å². The van der Waals surface area contributed by atoms with E-state index in [1.54, 1.807) is 0 Å². The van der Waals surface area contributed by atoms with Crippen molar-refractivity contribution < 1.29 is 27.4 Å². The third-order valence-electron chi connectivity index (χ3n) is 2.99. The maximum atomic E-state index is 10.2. The summed E-state index contributed by atoms with van der Waals surface area (Å²) in [4.78, 5) is 0. The number of aliphatic hydroxyl groups is 2. The van der Waals surface area contributed by atoms with Crippen molar-refractivity contribution >= 4 is 10.4 Å². The maximum Gasteiger partial charge on any atom is 0.397 e. The molecule has 0 spiro atoms. The summed E-state index contributed by atoms with van der Waals surface area (Å²) < 4.78 is 33.0. The molecule has 0 saturated heterocycles. The van der Waals surface area contributed by atoms with Crippen LogP contribution in [0.15, 0.2) is 0 Å². The van der Waals surface area contributed by atoms with Gasteiger partial charge in [0, 0.05) is 0 Å². The fourth-order valence-electron chi connectivity index (χ4n) is 1.75. The summed E-state index contributed by atoms with van der Waals surface area (Å²) in [5, 5.41) is 16.0. The van der Waals surface area contributed by atoms with Crippen LogP contribution in [0.5, 0.6) is 0 Å². The predicted octanol–water partition coefficient (Wildman–Crippen LogP) is 3.09. The quantitative estimate of drug-likeness (QED) is 0.351. The molecule has 1 unspecified atom stereocenters. The minimum absolute atomic E-state index is 0.0926. The molecule has 0 aromatic rings. The van der Waals surface area contributed by atoms with Crippen molar-refractivity contribution in [2.45, 2.75) is 84.2 Å². The minimum atomic E-state index is -4.23. The van der Waals surface area contributed by atoms with Crippen LogP contribution in [0.25, 0.3) is 0 Å². The van der Waals surface area contributed by atoms with E-state index in [9.17, 15) is 8.42 Å². The average Bonchev–Trinajstić information content (AvgIpc) is 2.44. The number of hydrogen-bond donors (Lipinski definition) is 3. The van der Waals surface area contributed by atoms with Crippen molar-refractivity contribution in [1.82, 2.24) is 0 Å². The molecule has 1 atom stereocenters. The van der Waals surface area contributed by atoms with E-state index in [-0.39, 0.29) is 13.2 Å². The van der Waals surface area contributed by atoms with Gasteiger partial charge in [0.2, 0.25) is 0 Å². The van der Waals surface area contributed by atoms with Crippen LogP contribution in [0.3, 0.4) is 0 Å². The van der Waals surface area contributed by atoms with Gasteiger partial charge < -0.3 is 10.2 Å². The highest BCUT2D eigenvalue weighted by atomic mass is 32.3. The Labute approximate surface area is 135 Å². The predicted molar refractivity (Wildman–Crippen MR) is 88.1 cm³/mol. The van der Waals surface area contributed by atoms with E-state index in [0.717, 1.165) is 12.8 Å². The standard InChI is InChI=1S/C12H26O4S.C3H8O2/c1-2-3-4-5-6-7-8-9-10-11-12-16-17(13,14)15;1-3(5)2-4/h2-12H2,1H3,(H,13,14,15);3-5H,2H2,1H3. The van der Waals surface area contributed by atoms with Gasteiger partial charge >= 0.3 is 10.4 Å². The van der Waals surface area contributed by atoms with E-state index >= 15 is 0 Å². The van der Waals surface area contributed by atoms with Gasteiger partial charge in [-0.1, -0.05) is 64.7 Å². The molecule has 0 aliphatic heterocycles. The molecule has 0 radical (unpaired) electrons. The summed E-state index contributed by atoms with van der Waals surface area (Å²) >= 11 is 0. The first-order valence-electron chi connectivity index (χ1n) is 8.24. The summed E-state index contributed by atoms with van der Waals surface area (Å²) in [6.07, 6.45) is 11.3. The van der Waals surface area contributed by atoms with Gasteiger partial charge in [0.15, 0.2) is 0 Å². The SMILES string of the molecule is CC(O)CO.CCCCCCCCCCCCOS(=O)(=O)O. The Morgan fingerprint density at radius 2 is 1.27 bits per heavy atom. The van der Waals surface area contributed by atoms with E-state index in [2.05, 4.69) is 11.1 Å².